The van der Waals surface area contributed by atoms with Crippen LogP contribution in [-0.2, 0) is 6.54 Å². The summed E-state index contributed by atoms with van der Waals surface area (Å²) in [5.41, 5.74) is 13.2. The third-order valence-corrected chi connectivity index (χ3v) is 10.6. The Bertz CT molecular complexity index is 3040. The van der Waals surface area contributed by atoms with Gasteiger partial charge in [0.2, 0.25) is 0 Å². The Hall–Kier alpha value is -7.37. The van der Waals surface area contributed by atoms with E-state index in [2.05, 4.69) is 104 Å². The quantitative estimate of drug-likeness (QED) is 0.109. The van der Waals surface area contributed by atoms with Crippen molar-refractivity contribution in [2.75, 3.05) is 0 Å². The Morgan fingerprint density at radius 3 is 1.93 bits per heavy atom. The van der Waals surface area contributed by atoms with Gasteiger partial charge in [-0.05, 0) is 55.7 Å². The standard InChI is InChI=1S/C53H41N3O2/c1-4-46(56-50(38-21-10-6-11-22-38)51-35(2)43-28-14-15-31-47(43)57-51)41-26-16-25-40(33-41)44-29-18-30-45-49-42(27-17-32-48(49)58-52(44)45)34-54-53(39-23-12-7-13-24-39)55-36(3)37-19-8-5-9-20-37/h4-33H,34H2,1-3H3/b46-4+,54-53?,55-36?,56-50?. The maximum atomic E-state index is 6.71. The first-order valence-corrected chi connectivity index (χ1v) is 19.6. The second kappa shape index (κ2) is 16.0. The summed E-state index contributed by atoms with van der Waals surface area (Å²) in [7, 11) is 0. The number of aliphatic imine (C=N–C) groups is 3. The van der Waals surface area contributed by atoms with Crippen LogP contribution in [-0.4, -0.2) is 17.3 Å². The first-order valence-electron chi connectivity index (χ1n) is 19.6. The lowest BCUT2D eigenvalue weighted by Gasteiger charge is -2.10. The molecule has 2 aromatic heterocycles. The molecule has 0 aliphatic heterocycles. The van der Waals surface area contributed by atoms with Crippen molar-refractivity contribution in [3.05, 3.63) is 221 Å². The summed E-state index contributed by atoms with van der Waals surface area (Å²) >= 11 is 0. The molecular weight excluding hydrogens is 711 g/mol. The molecule has 0 saturated carbocycles. The fourth-order valence-corrected chi connectivity index (χ4v) is 7.63. The molecule has 0 radical (unpaired) electrons. The predicted octanol–water partition coefficient (Wildman–Crippen LogP) is 13.7. The largest absolute Gasteiger partial charge is 0.455 e. The smallest absolute Gasteiger partial charge is 0.157 e. The number of aryl methyl sites for hydroxylation is 1. The Labute approximate surface area is 338 Å². The maximum absolute atomic E-state index is 6.71. The number of fused-ring (bicyclic) bond motifs is 4. The molecule has 2 heterocycles. The number of amidine groups is 1. The topological polar surface area (TPSA) is 63.4 Å². The molecule has 0 aliphatic carbocycles. The summed E-state index contributed by atoms with van der Waals surface area (Å²) < 4.78 is 13.2. The first kappa shape index (κ1) is 36.3. The van der Waals surface area contributed by atoms with Gasteiger partial charge in [-0.25, -0.2) is 9.98 Å². The van der Waals surface area contributed by atoms with Gasteiger partial charge in [0.15, 0.2) is 11.6 Å². The summed E-state index contributed by atoms with van der Waals surface area (Å²) in [4.78, 5) is 15.5. The normalized spacial score (nSPS) is 12.9. The molecule has 0 N–H and O–H groups in total. The van der Waals surface area contributed by atoms with Gasteiger partial charge in [0.1, 0.15) is 22.5 Å². The van der Waals surface area contributed by atoms with E-state index < -0.39 is 0 Å². The van der Waals surface area contributed by atoms with Crippen molar-refractivity contribution in [1.82, 2.24) is 0 Å². The van der Waals surface area contributed by atoms with Crippen LogP contribution in [0.1, 0.15) is 53.0 Å². The van der Waals surface area contributed by atoms with Crippen molar-refractivity contribution in [1.29, 1.82) is 0 Å². The van der Waals surface area contributed by atoms with Gasteiger partial charge in [-0.1, -0.05) is 164 Å². The van der Waals surface area contributed by atoms with Gasteiger partial charge >= 0.3 is 0 Å². The molecule has 9 rings (SSSR count). The molecule has 9 aromatic rings. The van der Waals surface area contributed by atoms with Gasteiger partial charge in [0, 0.05) is 49.7 Å². The Morgan fingerprint density at radius 1 is 0.569 bits per heavy atom. The predicted molar refractivity (Wildman–Crippen MR) is 241 cm³/mol. The van der Waals surface area contributed by atoms with Crippen molar-refractivity contribution >= 4 is 55.9 Å². The average molecular weight is 752 g/mol. The molecule has 0 bridgehead atoms. The lowest BCUT2D eigenvalue weighted by molar-refractivity contribution is 0.602. The third-order valence-electron chi connectivity index (χ3n) is 10.6. The van der Waals surface area contributed by atoms with E-state index in [9.17, 15) is 0 Å². The molecule has 5 nitrogen and oxygen atoms in total. The van der Waals surface area contributed by atoms with Crippen molar-refractivity contribution in [2.45, 2.75) is 27.3 Å². The van der Waals surface area contributed by atoms with E-state index in [1.807, 2.05) is 98.8 Å². The van der Waals surface area contributed by atoms with E-state index in [1.165, 1.54) is 0 Å². The highest BCUT2D eigenvalue weighted by Crippen LogP contribution is 2.38. The van der Waals surface area contributed by atoms with E-state index in [0.29, 0.717) is 12.4 Å². The fraction of sp³-hybridized carbons (Fsp3) is 0.0755. The summed E-state index contributed by atoms with van der Waals surface area (Å²) in [5.74, 6) is 1.46. The van der Waals surface area contributed by atoms with Crippen molar-refractivity contribution < 1.29 is 8.83 Å². The molecule has 0 amide bonds. The van der Waals surface area contributed by atoms with Crippen LogP contribution < -0.4 is 0 Å². The molecule has 0 aliphatic rings. The van der Waals surface area contributed by atoms with Crippen molar-refractivity contribution in [3.8, 4) is 11.1 Å². The van der Waals surface area contributed by atoms with Crippen LogP contribution in [0, 0.1) is 6.92 Å². The fourth-order valence-electron chi connectivity index (χ4n) is 7.63. The number of nitrogens with zero attached hydrogens (tertiary/aromatic N) is 3. The van der Waals surface area contributed by atoms with Crippen LogP contribution in [0.25, 0.3) is 49.7 Å². The minimum Gasteiger partial charge on any atom is -0.455 e. The lowest BCUT2D eigenvalue weighted by Crippen LogP contribution is -2.04. The van der Waals surface area contributed by atoms with E-state index in [4.69, 9.17) is 23.8 Å². The second-order valence-electron chi connectivity index (χ2n) is 14.3. The number of hydrogen-bond donors (Lipinski definition) is 0. The van der Waals surface area contributed by atoms with Crippen molar-refractivity contribution in [2.24, 2.45) is 15.0 Å². The van der Waals surface area contributed by atoms with Gasteiger partial charge < -0.3 is 8.83 Å². The van der Waals surface area contributed by atoms with Crippen LogP contribution >= 0.6 is 0 Å². The molecule has 7 aromatic carbocycles. The van der Waals surface area contributed by atoms with Gasteiger partial charge in [-0.15, -0.1) is 0 Å². The average Bonchev–Trinajstić information content (AvgIpc) is 3.84. The van der Waals surface area contributed by atoms with E-state index in [0.717, 1.165) is 100 Å². The molecule has 0 atom stereocenters. The zero-order valence-electron chi connectivity index (χ0n) is 32.7. The number of allylic oxidation sites excluding steroid dienone is 1. The van der Waals surface area contributed by atoms with Gasteiger partial charge in [0.25, 0.3) is 0 Å². The highest BCUT2D eigenvalue weighted by Gasteiger charge is 2.20. The SMILES string of the molecule is C/C=C(/N=C(c1ccccc1)c1oc2ccccc2c1C)c1cccc(-c2cccc3c2oc2cccc(CN=C(N=C(C)c4ccccc4)c4ccccc4)c23)c1. The molecule has 0 unspecified atom stereocenters. The Kier molecular flexibility index (Phi) is 10.0. The number of para-hydroxylation sites is 2. The number of benzene rings is 7. The second-order valence-corrected chi connectivity index (χ2v) is 14.3. The third kappa shape index (κ3) is 7.10. The minimum atomic E-state index is 0.443. The zero-order valence-corrected chi connectivity index (χ0v) is 32.7. The summed E-state index contributed by atoms with van der Waals surface area (Å²) in [6, 6.07) is 59.9. The summed E-state index contributed by atoms with van der Waals surface area (Å²) in [5, 5.41) is 3.19. The highest BCUT2D eigenvalue weighted by molar-refractivity contribution is 6.16. The maximum Gasteiger partial charge on any atom is 0.157 e. The van der Waals surface area contributed by atoms with E-state index in [1.54, 1.807) is 0 Å². The van der Waals surface area contributed by atoms with Gasteiger partial charge in [0.05, 0.1) is 12.2 Å². The summed E-state index contributed by atoms with van der Waals surface area (Å²) in [6.45, 7) is 6.61. The van der Waals surface area contributed by atoms with Gasteiger partial charge in [-0.3, -0.25) is 4.99 Å². The number of rotatable bonds is 9. The number of hydrogen-bond acceptors (Lipinski definition) is 4. The number of furan rings is 2. The minimum absolute atomic E-state index is 0.443. The molecule has 58 heavy (non-hydrogen) atoms. The van der Waals surface area contributed by atoms with Crippen LogP contribution in [0.3, 0.4) is 0 Å². The molecule has 0 spiro atoms. The molecule has 0 fully saturated rings. The molecule has 280 valence electrons. The van der Waals surface area contributed by atoms with Crippen LogP contribution in [0.4, 0.5) is 0 Å². The van der Waals surface area contributed by atoms with E-state index >= 15 is 0 Å². The van der Waals surface area contributed by atoms with E-state index in [-0.39, 0.29) is 0 Å². The molecule has 5 heteroatoms. The van der Waals surface area contributed by atoms with Gasteiger partial charge in [-0.2, -0.15) is 0 Å². The Balaban J connectivity index is 1.10. The van der Waals surface area contributed by atoms with Crippen LogP contribution in [0.5, 0.6) is 0 Å². The zero-order chi connectivity index (χ0) is 39.4. The monoisotopic (exact) mass is 751 g/mol. The lowest BCUT2D eigenvalue weighted by atomic mass is 9.98. The van der Waals surface area contributed by atoms with Crippen LogP contribution in [0.15, 0.2) is 206 Å². The highest BCUT2D eigenvalue weighted by atomic mass is 16.3. The van der Waals surface area contributed by atoms with Crippen molar-refractivity contribution in [3.63, 3.8) is 0 Å². The summed E-state index contributed by atoms with van der Waals surface area (Å²) in [6.07, 6.45) is 2.06. The molecule has 0 saturated heterocycles. The molecular formula is C53H41N3O2. The Morgan fingerprint density at radius 2 is 1.19 bits per heavy atom. The van der Waals surface area contributed by atoms with Crippen LogP contribution in [0.2, 0.25) is 0 Å². The first-order chi connectivity index (χ1) is 28.6.